The summed E-state index contributed by atoms with van der Waals surface area (Å²) in [5, 5.41) is 6.64. The fraction of sp³-hybridized carbons (Fsp3) is 0. The van der Waals surface area contributed by atoms with Crippen molar-refractivity contribution in [3.8, 4) is 62.1 Å². The Balaban J connectivity index is 1.16. The Bertz CT molecular complexity index is 3810. The predicted octanol–water partition coefficient (Wildman–Crippen LogP) is 14.8. The highest BCUT2D eigenvalue weighted by molar-refractivity contribution is 7.26. The van der Waals surface area contributed by atoms with Gasteiger partial charge in [-0.25, -0.2) is 15.0 Å². The van der Waals surface area contributed by atoms with Crippen LogP contribution in [0.3, 0.4) is 0 Å². The highest BCUT2D eigenvalue weighted by atomic mass is 32.1. The summed E-state index contributed by atoms with van der Waals surface area (Å²) in [7, 11) is 0. The molecule has 4 nitrogen and oxygen atoms in total. The summed E-state index contributed by atoms with van der Waals surface area (Å²) in [6.45, 7) is 0. The molecule has 0 amide bonds. The molecule has 0 unspecified atom stereocenters. The molecule has 3 aromatic heterocycles. The summed E-state index contributed by atoms with van der Waals surface area (Å²) in [4.78, 5) is 15.3. The minimum absolute atomic E-state index is 0.0124. The molecule has 0 N–H and O–H groups in total. The smallest absolute Gasteiger partial charge is 0.165 e. The molecule has 280 valence electrons. The van der Waals surface area contributed by atoms with Gasteiger partial charge >= 0.3 is 0 Å². The molecule has 0 spiro atoms. The van der Waals surface area contributed by atoms with Crippen LogP contribution in [0.5, 0.6) is 0 Å². The van der Waals surface area contributed by atoms with Gasteiger partial charge in [0.2, 0.25) is 0 Å². The molecule has 0 aliphatic heterocycles. The van der Waals surface area contributed by atoms with Crippen LogP contribution in [0.4, 0.5) is 0 Å². The molecule has 0 atom stereocenters. The van der Waals surface area contributed by atoms with Crippen LogP contribution < -0.4 is 0 Å². The average molecular weight is 788 g/mol. The number of nitrogens with zero attached hydrogens (tertiary/aromatic N) is 4. The van der Waals surface area contributed by atoms with E-state index in [0.717, 1.165) is 86.3 Å². The third kappa shape index (κ3) is 5.63. The topological polar surface area (TPSA) is 43.6 Å². The first-order valence-corrected chi connectivity index (χ1v) is 20.6. The number of hydrogen-bond acceptors (Lipinski definition) is 4. The van der Waals surface area contributed by atoms with Gasteiger partial charge in [-0.05, 0) is 57.3 Å². The van der Waals surface area contributed by atoms with Crippen LogP contribution in [0.1, 0.15) is 6.85 Å². The molecule has 0 bridgehead atoms. The zero-order valence-electron chi connectivity index (χ0n) is 36.9. The number of aromatic nitrogens is 4. The summed E-state index contributed by atoms with van der Waals surface area (Å²) >= 11 is 1.67. The van der Waals surface area contributed by atoms with Gasteiger partial charge < -0.3 is 4.57 Å². The number of para-hydroxylation sites is 2. The van der Waals surface area contributed by atoms with Gasteiger partial charge in [-0.2, -0.15) is 0 Å². The molecule has 0 saturated heterocycles. The van der Waals surface area contributed by atoms with Crippen molar-refractivity contribution >= 4 is 64.1 Å². The van der Waals surface area contributed by atoms with Crippen molar-refractivity contribution in [2.24, 2.45) is 0 Å². The molecule has 3 heterocycles. The van der Waals surface area contributed by atoms with E-state index in [1.807, 2.05) is 42.5 Å². The van der Waals surface area contributed by atoms with Crippen LogP contribution in [-0.2, 0) is 0 Å². The van der Waals surface area contributed by atoms with Gasteiger partial charge in [0.15, 0.2) is 17.5 Å². The van der Waals surface area contributed by atoms with E-state index in [0.29, 0.717) is 17.2 Å². The second-order valence-electron chi connectivity index (χ2n) is 14.8. The van der Waals surface area contributed by atoms with E-state index in [-0.39, 0.29) is 23.5 Å². The first-order chi connectivity index (χ1) is 31.8. The van der Waals surface area contributed by atoms with Crippen LogP contribution in [0.15, 0.2) is 206 Å². The normalized spacial score (nSPS) is 12.8. The average Bonchev–Trinajstić information content (AvgIpc) is 3.91. The first-order valence-electron chi connectivity index (χ1n) is 22.3. The van der Waals surface area contributed by atoms with Gasteiger partial charge in [-0.3, -0.25) is 0 Å². The molecule has 9 aromatic carbocycles. The molecular formula is C55H34N4S. The standard InChI is InChI=1S/C55H34N4S/c1-3-15-36(16-4-1)43-25-14-26-46-47-33-40(59-49-27-11-9-22-44(49)45-23-10-12-28-50(45)59)34-48(52(47)60-51(43)46)55-57-53(38-18-5-2-6-19-38)56-54(58-55)39-31-29-37(30-32-39)42-24-13-20-35-17-7-8-21-41(35)42/h1-34H/i2D,5D,6D,18D,19D. The number of hydrogen-bond donors (Lipinski definition) is 0. The van der Waals surface area contributed by atoms with Crippen molar-refractivity contribution in [1.82, 2.24) is 19.5 Å². The molecule has 12 aromatic rings. The summed E-state index contributed by atoms with van der Waals surface area (Å²) in [5.74, 6) is 0.611. The Kier molecular flexibility index (Phi) is 6.87. The van der Waals surface area contributed by atoms with E-state index < -0.39 is 18.1 Å². The molecule has 5 heteroatoms. The molecule has 0 aliphatic carbocycles. The van der Waals surface area contributed by atoms with Crippen molar-refractivity contribution in [3.63, 3.8) is 0 Å². The Morgan fingerprint density at radius 2 is 0.933 bits per heavy atom. The van der Waals surface area contributed by atoms with Crippen LogP contribution in [0.25, 0.3) is 115 Å². The maximum Gasteiger partial charge on any atom is 0.165 e. The minimum atomic E-state index is -0.484. The van der Waals surface area contributed by atoms with Crippen LogP contribution in [0, 0.1) is 0 Å². The zero-order chi connectivity index (χ0) is 43.9. The van der Waals surface area contributed by atoms with Crippen molar-refractivity contribution in [2.45, 2.75) is 0 Å². The lowest BCUT2D eigenvalue weighted by Gasteiger charge is -2.13. The summed E-state index contributed by atoms with van der Waals surface area (Å²) in [5.41, 5.74) is 8.64. The molecule has 0 radical (unpaired) electrons. The van der Waals surface area contributed by atoms with E-state index in [4.69, 9.17) is 21.8 Å². The third-order valence-electron chi connectivity index (χ3n) is 11.3. The van der Waals surface area contributed by atoms with Crippen LogP contribution >= 0.6 is 11.3 Å². The predicted molar refractivity (Wildman–Crippen MR) is 252 cm³/mol. The highest BCUT2D eigenvalue weighted by Crippen LogP contribution is 2.46. The Morgan fingerprint density at radius 1 is 0.383 bits per heavy atom. The van der Waals surface area contributed by atoms with Crippen molar-refractivity contribution in [2.75, 3.05) is 0 Å². The lowest BCUT2D eigenvalue weighted by atomic mass is 9.97. The summed E-state index contributed by atoms with van der Waals surface area (Å²) in [6, 6.07) is 58.4. The second kappa shape index (κ2) is 14.0. The van der Waals surface area contributed by atoms with E-state index in [1.54, 1.807) is 11.3 Å². The number of fused-ring (bicyclic) bond motifs is 7. The number of benzene rings is 9. The lowest BCUT2D eigenvalue weighted by molar-refractivity contribution is 1.07. The fourth-order valence-corrected chi connectivity index (χ4v) is 9.93. The molecular weight excluding hydrogens is 749 g/mol. The molecule has 0 fully saturated rings. The summed E-state index contributed by atoms with van der Waals surface area (Å²) in [6.07, 6.45) is 0. The Hall–Kier alpha value is -7.73. The van der Waals surface area contributed by atoms with E-state index in [1.165, 1.54) is 0 Å². The van der Waals surface area contributed by atoms with Crippen molar-refractivity contribution in [3.05, 3.63) is 206 Å². The minimum Gasteiger partial charge on any atom is -0.309 e. The van der Waals surface area contributed by atoms with Crippen molar-refractivity contribution < 1.29 is 6.85 Å². The molecule has 12 rings (SSSR count). The molecule has 0 aliphatic rings. The largest absolute Gasteiger partial charge is 0.309 e. The maximum atomic E-state index is 9.03. The first kappa shape index (κ1) is 29.5. The van der Waals surface area contributed by atoms with E-state index in [9.17, 15) is 0 Å². The van der Waals surface area contributed by atoms with Gasteiger partial charge in [0.25, 0.3) is 0 Å². The van der Waals surface area contributed by atoms with Gasteiger partial charge in [0.1, 0.15) is 0 Å². The maximum absolute atomic E-state index is 9.03. The van der Waals surface area contributed by atoms with Gasteiger partial charge in [-0.15, -0.1) is 11.3 Å². The molecule has 0 saturated carbocycles. The highest BCUT2D eigenvalue weighted by Gasteiger charge is 2.22. The lowest BCUT2D eigenvalue weighted by Crippen LogP contribution is -2.01. The van der Waals surface area contributed by atoms with Gasteiger partial charge in [0.05, 0.1) is 17.9 Å². The van der Waals surface area contributed by atoms with Crippen LogP contribution in [-0.4, -0.2) is 19.5 Å². The summed E-state index contributed by atoms with van der Waals surface area (Å²) < 4.78 is 48.0. The zero-order valence-corrected chi connectivity index (χ0v) is 32.8. The Labute approximate surface area is 357 Å². The Morgan fingerprint density at radius 3 is 1.70 bits per heavy atom. The van der Waals surface area contributed by atoms with Crippen LogP contribution in [0.2, 0.25) is 0 Å². The molecule has 60 heavy (non-hydrogen) atoms. The van der Waals surface area contributed by atoms with Gasteiger partial charge in [0, 0.05) is 53.3 Å². The van der Waals surface area contributed by atoms with E-state index in [2.05, 4.69) is 138 Å². The number of rotatable bonds is 6. The van der Waals surface area contributed by atoms with Crippen molar-refractivity contribution in [1.29, 1.82) is 0 Å². The second-order valence-corrected chi connectivity index (χ2v) is 15.8. The van der Waals surface area contributed by atoms with E-state index >= 15 is 0 Å². The number of thiophene rings is 1. The monoisotopic (exact) mass is 787 g/mol. The SMILES string of the molecule is [2H]c1c([2H])c([2H])c(-c2nc(-c3ccc(-c4cccc5ccccc45)cc3)nc(-c3cc(-n4c5ccccc5c5ccccc54)cc4c3sc3c(-c5ccccc5)cccc34)n2)c([2H])c1[2H]. The quantitative estimate of drug-likeness (QED) is 0.169. The fourth-order valence-electron chi connectivity index (χ4n) is 8.60. The van der Waals surface area contributed by atoms with Gasteiger partial charge in [-0.1, -0.05) is 182 Å². The third-order valence-corrected chi connectivity index (χ3v) is 12.6.